The fraction of sp³-hybridized carbons (Fsp3) is 0.833. The van der Waals surface area contributed by atoms with E-state index < -0.39 is 12.3 Å². The minimum Gasteiger partial charge on any atom is -0.481 e. The van der Waals surface area contributed by atoms with Crippen molar-refractivity contribution in [2.24, 2.45) is 0 Å². The maximum absolute atomic E-state index is 9.95. The molecule has 1 atom stereocenters. The van der Waals surface area contributed by atoms with E-state index in [9.17, 15) is 4.79 Å². The van der Waals surface area contributed by atoms with E-state index in [0.29, 0.717) is 0 Å². The average molecular weight is 148 g/mol. The first-order valence-corrected chi connectivity index (χ1v) is 3.07. The summed E-state index contributed by atoms with van der Waals surface area (Å²) >= 11 is 0. The number of hydrogen-bond donors (Lipinski definition) is 2. The number of rotatable bonds is 4. The van der Waals surface area contributed by atoms with Crippen LogP contribution in [0, 0.1) is 0 Å². The highest BCUT2D eigenvalue weighted by Gasteiger charge is 2.10. The highest BCUT2D eigenvalue weighted by atomic mass is 16.6. The summed E-state index contributed by atoms with van der Waals surface area (Å²) in [5, 5.41) is 16.9. The molecule has 0 fully saturated rings. The summed E-state index contributed by atoms with van der Waals surface area (Å²) in [5.74, 6) is -1.06. The molecule has 0 bridgehead atoms. The summed E-state index contributed by atoms with van der Waals surface area (Å²) in [6.07, 6.45) is -1.69. The summed E-state index contributed by atoms with van der Waals surface area (Å²) in [5.41, 5.74) is 0. The van der Waals surface area contributed by atoms with Gasteiger partial charge in [0.2, 0.25) is 0 Å². The lowest BCUT2D eigenvalue weighted by atomic mass is 10.4. The van der Waals surface area contributed by atoms with Crippen LogP contribution < -0.4 is 0 Å². The molecule has 0 saturated heterocycles. The number of carboxylic acid groups (broad SMARTS) is 1. The Hall–Kier alpha value is -0.610. The number of ether oxygens (including phenoxy) is 1. The smallest absolute Gasteiger partial charge is 0.308 e. The second-order valence-corrected chi connectivity index (χ2v) is 2.24. The first kappa shape index (κ1) is 9.39. The average Bonchev–Trinajstić information content (AvgIpc) is 1.58. The Balaban J connectivity index is 3.43. The fourth-order valence-corrected chi connectivity index (χ4v) is 0.512. The van der Waals surface area contributed by atoms with Gasteiger partial charge in [-0.2, -0.15) is 0 Å². The van der Waals surface area contributed by atoms with Gasteiger partial charge in [0.05, 0.1) is 12.5 Å². The maximum Gasteiger partial charge on any atom is 0.308 e. The van der Waals surface area contributed by atoms with Crippen LogP contribution in [-0.2, 0) is 9.53 Å². The summed E-state index contributed by atoms with van der Waals surface area (Å²) < 4.78 is 4.74. The molecule has 0 heterocycles. The molecular weight excluding hydrogens is 136 g/mol. The van der Waals surface area contributed by atoms with Crippen LogP contribution >= 0.6 is 0 Å². The number of aliphatic carboxylic acids is 1. The van der Waals surface area contributed by atoms with Gasteiger partial charge in [-0.25, -0.2) is 0 Å². The molecule has 1 unspecified atom stereocenters. The Morgan fingerprint density at radius 1 is 1.60 bits per heavy atom. The van der Waals surface area contributed by atoms with Gasteiger partial charge in [0.25, 0.3) is 0 Å². The molecule has 0 aromatic rings. The van der Waals surface area contributed by atoms with Gasteiger partial charge in [0, 0.05) is 0 Å². The Labute approximate surface area is 59.4 Å². The third kappa shape index (κ3) is 5.53. The largest absolute Gasteiger partial charge is 0.481 e. The second kappa shape index (κ2) is 4.24. The maximum atomic E-state index is 9.95. The van der Waals surface area contributed by atoms with E-state index in [1.807, 2.05) is 0 Å². The normalized spacial score (nSPS) is 13.6. The van der Waals surface area contributed by atoms with Gasteiger partial charge in [-0.05, 0) is 13.8 Å². The Bertz CT molecular complexity index is 110. The van der Waals surface area contributed by atoms with Gasteiger partial charge in [-0.3, -0.25) is 4.79 Å². The van der Waals surface area contributed by atoms with Crippen molar-refractivity contribution < 1.29 is 19.7 Å². The van der Waals surface area contributed by atoms with Crippen LogP contribution in [0.25, 0.3) is 0 Å². The SMILES string of the molecule is CC(C)OC(O)CC(=O)O. The Morgan fingerprint density at radius 3 is 2.40 bits per heavy atom. The number of aliphatic hydroxyl groups excluding tert-OH is 1. The topological polar surface area (TPSA) is 66.8 Å². The molecule has 2 N–H and O–H groups in total. The van der Waals surface area contributed by atoms with Gasteiger partial charge in [-0.1, -0.05) is 0 Å². The van der Waals surface area contributed by atoms with Crippen molar-refractivity contribution >= 4 is 5.97 Å². The summed E-state index contributed by atoms with van der Waals surface area (Å²) in [6, 6.07) is 0. The monoisotopic (exact) mass is 148 g/mol. The van der Waals surface area contributed by atoms with Crippen molar-refractivity contribution in [3.05, 3.63) is 0 Å². The van der Waals surface area contributed by atoms with Crippen molar-refractivity contribution in [3.63, 3.8) is 0 Å². The van der Waals surface area contributed by atoms with Crippen molar-refractivity contribution in [1.82, 2.24) is 0 Å². The molecule has 0 aliphatic heterocycles. The van der Waals surface area contributed by atoms with E-state index in [-0.39, 0.29) is 12.5 Å². The Morgan fingerprint density at radius 2 is 2.10 bits per heavy atom. The Kier molecular flexibility index (Phi) is 3.99. The highest BCUT2D eigenvalue weighted by Crippen LogP contribution is 1.98. The number of hydrogen-bond acceptors (Lipinski definition) is 3. The molecule has 0 saturated carbocycles. The van der Waals surface area contributed by atoms with E-state index in [1.54, 1.807) is 13.8 Å². The zero-order chi connectivity index (χ0) is 8.15. The molecule has 0 spiro atoms. The van der Waals surface area contributed by atoms with Crippen LogP contribution in [-0.4, -0.2) is 28.6 Å². The molecule has 0 radical (unpaired) electrons. The highest BCUT2D eigenvalue weighted by molar-refractivity contribution is 5.67. The predicted molar refractivity (Wildman–Crippen MR) is 34.5 cm³/mol. The van der Waals surface area contributed by atoms with Gasteiger partial charge in [-0.15, -0.1) is 0 Å². The first-order valence-electron chi connectivity index (χ1n) is 3.07. The van der Waals surface area contributed by atoms with Gasteiger partial charge in [0.15, 0.2) is 6.29 Å². The van der Waals surface area contributed by atoms with Crippen molar-refractivity contribution in [3.8, 4) is 0 Å². The zero-order valence-electron chi connectivity index (χ0n) is 6.07. The van der Waals surface area contributed by atoms with Crippen LogP contribution in [0.4, 0.5) is 0 Å². The molecule has 4 heteroatoms. The van der Waals surface area contributed by atoms with Gasteiger partial charge >= 0.3 is 5.97 Å². The standard InChI is InChI=1S/C6H12O4/c1-4(2)10-6(9)3-5(7)8/h4,6,9H,3H2,1-2H3,(H,7,8). The van der Waals surface area contributed by atoms with E-state index in [2.05, 4.69) is 0 Å². The molecule has 4 nitrogen and oxygen atoms in total. The van der Waals surface area contributed by atoms with E-state index >= 15 is 0 Å². The fourth-order valence-electron chi connectivity index (χ4n) is 0.512. The molecule has 10 heavy (non-hydrogen) atoms. The lowest BCUT2D eigenvalue weighted by Gasteiger charge is -2.11. The van der Waals surface area contributed by atoms with Crippen LogP contribution in [0.3, 0.4) is 0 Å². The third-order valence-electron chi connectivity index (χ3n) is 0.778. The molecule has 0 aliphatic rings. The van der Waals surface area contributed by atoms with Crippen LogP contribution in [0.1, 0.15) is 20.3 Å². The second-order valence-electron chi connectivity index (χ2n) is 2.24. The summed E-state index contributed by atoms with van der Waals surface area (Å²) in [4.78, 5) is 9.95. The molecule has 0 aromatic heterocycles. The molecule has 60 valence electrons. The molecule has 0 rings (SSSR count). The van der Waals surface area contributed by atoms with Crippen LogP contribution in [0.2, 0.25) is 0 Å². The van der Waals surface area contributed by atoms with Crippen molar-refractivity contribution in [2.45, 2.75) is 32.7 Å². The van der Waals surface area contributed by atoms with Crippen molar-refractivity contribution in [1.29, 1.82) is 0 Å². The van der Waals surface area contributed by atoms with Crippen LogP contribution in [0.5, 0.6) is 0 Å². The summed E-state index contributed by atoms with van der Waals surface area (Å²) in [6.45, 7) is 3.45. The molecule has 0 amide bonds. The van der Waals surface area contributed by atoms with E-state index in [1.165, 1.54) is 0 Å². The third-order valence-corrected chi connectivity index (χ3v) is 0.778. The first-order chi connectivity index (χ1) is 4.52. The molecule has 0 aromatic carbocycles. The van der Waals surface area contributed by atoms with E-state index in [0.717, 1.165) is 0 Å². The summed E-state index contributed by atoms with van der Waals surface area (Å²) in [7, 11) is 0. The molecule has 0 aliphatic carbocycles. The van der Waals surface area contributed by atoms with Gasteiger partial charge in [0.1, 0.15) is 0 Å². The number of carbonyl (C=O) groups is 1. The lowest BCUT2D eigenvalue weighted by molar-refractivity contribution is -0.159. The quantitative estimate of drug-likeness (QED) is 0.559. The van der Waals surface area contributed by atoms with Gasteiger partial charge < -0.3 is 14.9 Å². The lowest BCUT2D eigenvalue weighted by Crippen LogP contribution is -2.20. The predicted octanol–water partition coefficient (Wildman–Crippen LogP) is 0.204. The number of aliphatic hydroxyl groups is 1. The minimum absolute atomic E-state index is 0.144. The number of carboxylic acids is 1. The van der Waals surface area contributed by atoms with E-state index in [4.69, 9.17) is 14.9 Å². The van der Waals surface area contributed by atoms with Crippen molar-refractivity contribution in [2.75, 3.05) is 0 Å². The molecular formula is C6H12O4. The van der Waals surface area contributed by atoms with Crippen LogP contribution in [0.15, 0.2) is 0 Å². The minimum atomic E-state index is -1.18. The zero-order valence-corrected chi connectivity index (χ0v) is 6.07.